The van der Waals surface area contributed by atoms with Gasteiger partial charge in [-0.1, -0.05) is 0 Å². The first kappa shape index (κ1) is 23.2. The van der Waals surface area contributed by atoms with Crippen molar-refractivity contribution in [2.24, 2.45) is 0 Å². The van der Waals surface area contributed by atoms with Crippen LogP contribution in [0.4, 0.5) is 10.7 Å². The lowest BCUT2D eigenvalue weighted by molar-refractivity contribution is -0.163. The topological polar surface area (TPSA) is 122 Å². The molecule has 2 aromatic heterocycles. The zero-order chi connectivity index (χ0) is 23.6. The number of rotatable bonds is 5. The van der Waals surface area contributed by atoms with Gasteiger partial charge < -0.3 is 24.5 Å². The Balaban J connectivity index is 1.61. The number of ether oxygens (including phenoxy) is 3. The molecule has 1 atom stereocenters. The van der Waals surface area contributed by atoms with Crippen LogP contribution in [0, 0.1) is 0 Å². The van der Waals surface area contributed by atoms with Crippen molar-refractivity contribution in [2.45, 2.75) is 64.9 Å². The summed E-state index contributed by atoms with van der Waals surface area (Å²) in [6.07, 6.45) is 4.26. The molecule has 178 valence electrons. The van der Waals surface area contributed by atoms with E-state index in [1.165, 1.54) is 0 Å². The van der Waals surface area contributed by atoms with Gasteiger partial charge in [-0.15, -0.1) is 0 Å². The fourth-order valence-corrected chi connectivity index (χ4v) is 4.10. The van der Waals surface area contributed by atoms with Crippen LogP contribution in [-0.4, -0.2) is 63.1 Å². The number of nitrogen functional groups attached to an aromatic ring is 1. The van der Waals surface area contributed by atoms with Crippen LogP contribution in [0.5, 0.6) is 0 Å². The average Bonchev–Trinajstić information content (AvgIpc) is 3.13. The monoisotopic (exact) mass is 457 g/mol. The number of anilines is 1. The maximum absolute atomic E-state index is 13.2. The third-order valence-corrected chi connectivity index (χ3v) is 5.56. The SMILES string of the molecule is CC(C)(C)OC(=O)N1CCc2c(cc(-c3ccnc(N)n3)n2CCOC2CCCCO2)C1=O. The summed E-state index contributed by atoms with van der Waals surface area (Å²) in [6, 6.07) is 3.50. The van der Waals surface area contributed by atoms with Crippen molar-refractivity contribution in [3.05, 3.63) is 29.6 Å². The first-order chi connectivity index (χ1) is 15.7. The molecule has 1 unspecified atom stereocenters. The van der Waals surface area contributed by atoms with Gasteiger partial charge in [0.25, 0.3) is 5.91 Å². The number of nitrogens with two attached hydrogens (primary N) is 1. The number of hydrogen-bond donors (Lipinski definition) is 1. The van der Waals surface area contributed by atoms with Gasteiger partial charge in [0.05, 0.1) is 23.6 Å². The average molecular weight is 458 g/mol. The van der Waals surface area contributed by atoms with Gasteiger partial charge in [-0.3, -0.25) is 4.79 Å². The molecule has 33 heavy (non-hydrogen) atoms. The molecule has 2 aliphatic heterocycles. The van der Waals surface area contributed by atoms with Crippen molar-refractivity contribution in [3.8, 4) is 11.4 Å². The number of amides is 2. The number of aromatic nitrogens is 3. The minimum absolute atomic E-state index is 0.145. The molecule has 0 bridgehead atoms. The highest BCUT2D eigenvalue weighted by Gasteiger charge is 2.35. The molecule has 4 heterocycles. The van der Waals surface area contributed by atoms with Crippen LogP contribution in [0.25, 0.3) is 11.4 Å². The van der Waals surface area contributed by atoms with Gasteiger partial charge in [0.2, 0.25) is 5.95 Å². The maximum atomic E-state index is 13.2. The summed E-state index contributed by atoms with van der Waals surface area (Å²) in [5.74, 6) is -0.240. The highest BCUT2D eigenvalue weighted by molar-refractivity contribution is 6.05. The first-order valence-corrected chi connectivity index (χ1v) is 11.3. The molecule has 0 saturated carbocycles. The lowest BCUT2D eigenvalue weighted by Crippen LogP contribution is -2.44. The highest BCUT2D eigenvalue weighted by atomic mass is 16.7. The molecule has 0 aliphatic carbocycles. The normalized spacial score (nSPS) is 18.8. The summed E-state index contributed by atoms with van der Waals surface area (Å²) in [5.41, 5.74) is 7.72. The van der Waals surface area contributed by atoms with Gasteiger partial charge in [0.15, 0.2) is 6.29 Å². The third-order valence-electron chi connectivity index (χ3n) is 5.56. The van der Waals surface area contributed by atoms with Gasteiger partial charge in [-0.05, 0) is 52.2 Å². The molecule has 2 aliphatic rings. The summed E-state index contributed by atoms with van der Waals surface area (Å²) < 4.78 is 19.0. The second-order valence-corrected chi connectivity index (χ2v) is 9.20. The number of hydrogen-bond acceptors (Lipinski definition) is 8. The van der Waals surface area contributed by atoms with Crippen molar-refractivity contribution in [3.63, 3.8) is 0 Å². The summed E-state index contributed by atoms with van der Waals surface area (Å²) in [5, 5.41) is 0. The van der Waals surface area contributed by atoms with E-state index in [1.54, 1.807) is 39.1 Å². The summed E-state index contributed by atoms with van der Waals surface area (Å²) in [6.45, 7) is 7.20. The first-order valence-electron chi connectivity index (χ1n) is 11.3. The third kappa shape index (κ3) is 5.33. The Morgan fingerprint density at radius 1 is 1.33 bits per heavy atom. The lowest BCUT2D eigenvalue weighted by Gasteiger charge is -2.29. The predicted molar refractivity (Wildman–Crippen MR) is 120 cm³/mol. The molecule has 0 radical (unpaired) electrons. The van der Waals surface area contributed by atoms with E-state index in [-0.39, 0.29) is 24.7 Å². The van der Waals surface area contributed by atoms with Crippen LogP contribution in [-0.2, 0) is 27.2 Å². The van der Waals surface area contributed by atoms with Crippen LogP contribution >= 0.6 is 0 Å². The standard InChI is InChI=1S/C23H31N5O5/c1-23(2,3)33-22(30)28-10-8-17-15(20(28)29)14-18(16-7-9-25-21(24)26-16)27(17)11-13-32-19-6-4-5-12-31-19/h7,9,14,19H,4-6,8,10-13H2,1-3H3,(H2,24,25,26). The number of fused-ring (bicyclic) bond motifs is 1. The van der Waals surface area contributed by atoms with Gasteiger partial charge in [-0.25, -0.2) is 19.7 Å². The molecule has 2 aromatic rings. The van der Waals surface area contributed by atoms with E-state index < -0.39 is 11.7 Å². The van der Waals surface area contributed by atoms with Crippen molar-refractivity contribution in [1.29, 1.82) is 0 Å². The molecule has 4 rings (SSSR count). The van der Waals surface area contributed by atoms with E-state index >= 15 is 0 Å². The number of carbonyl (C=O) groups excluding carboxylic acids is 2. The van der Waals surface area contributed by atoms with E-state index in [0.29, 0.717) is 37.4 Å². The van der Waals surface area contributed by atoms with Crippen LogP contribution in [0.1, 0.15) is 56.1 Å². The number of nitrogens with zero attached hydrogens (tertiary/aromatic N) is 4. The predicted octanol–water partition coefficient (Wildman–Crippen LogP) is 3.00. The maximum Gasteiger partial charge on any atom is 0.417 e. The van der Waals surface area contributed by atoms with E-state index in [1.807, 2.05) is 4.57 Å². The van der Waals surface area contributed by atoms with Crippen molar-refractivity contribution < 1.29 is 23.8 Å². The van der Waals surface area contributed by atoms with Crippen molar-refractivity contribution >= 4 is 17.9 Å². The lowest BCUT2D eigenvalue weighted by atomic mass is 10.1. The van der Waals surface area contributed by atoms with E-state index in [0.717, 1.165) is 35.6 Å². The number of carbonyl (C=O) groups is 2. The van der Waals surface area contributed by atoms with E-state index in [2.05, 4.69) is 9.97 Å². The zero-order valence-corrected chi connectivity index (χ0v) is 19.4. The Bertz CT molecular complexity index is 1020. The summed E-state index contributed by atoms with van der Waals surface area (Å²) >= 11 is 0. The minimum atomic E-state index is -0.689. The van der Waals surface area contributed by atoms with Gasteiger partial charge in [0, 0.05) is 38.0 Å². The molecule has 0 aromatic carbocycles. The minimum Gasteiger partial charge on any atom is -0.443 e. The van der Waals surface area contributed by atoms with Crippen molar-refractivity contribution in [2.75, 3.05) is 25.5 Å². The largest absolute Gasteiger partial charge is 0.443 e. The smallest absolute Gasteiger partial charge is 0.417 e. The van der Waals surface area contributed by atoms with Gasteiger partial charge in [-0.2, -0.15) is 0 Å². The fraction of sp³-hybridized carbons (Fsp3) is 0.565. The zero-order valence-electron chi connectivity index (χ0n) is 19.4. The van der Waals surface area contributed by atoms with Gasteiger partial charge >= 0.3 is 6.09 Å². The molecule has 2 amide bonds. The molecule has 1 fully saturated rings. The Morgan fingerprint density at radius 3 is 2.85 bits per heavy atom. The quantitative estimate of drug-likeness (QED) is 0.727. The van der Waals surface area contributed by atoms with Crippen molar-refractivity contribution in [1.82, 2.24) is 19.4 Å². The molecule has 10 nitrogen and oxygen atoms in total. The Morgan fingerprint density at radius 2 is 2.15 bits per heavy atom. The number of imide groups is 1. The van der Waals surface area contributed by atoms with E-state index in [4.69, 9.17) is 19.9 Å². The second kappa shape index (κ2) is 9.48. The summed E-state index contributed by atoms with van der Waals surface area (Å²) in [7, 11) is 0. The van der Waals surface area contributed by atoms with Crippen LogP contribution in [0.2, 0.25) is 0 Å². The fourth-order valence-electron chi connectivity index (χ4n) is 4.10. The van der Waals surface area contributed by atoms with Crippen LogP contribution < -0.4 is 5.73 Å². The second-order valence-electron chi connectivity index (χ2n) is 9.20. The Kier molecular flexibility index (Phi) is 6.66. The summed E-state index contributed by atoms with van der Waals surface area (Å²) in [4.78, 5) is 35.3. The Hall–Kier alpha value is -2.98. The molecular formula is C23H31N5O5. The molecule has 10 heteroatoms. The molecule has 1 saturated heterocycles. The molecule has 0 spiro atoms. The van der Waals surface area contributed by atoms with E-state index in [9.17, 15) is 9.59 Å². The van der Waals surface area contributed by atoms with Crippen LogP contribution in [0.3, 0.4) is 0 Å². The molecule has 2 N–H and O–H groups in total. The Labute approximate surface area is 193 Å². The van der Waals surface area contributed by atoms with Gasteiger partial charge in [0.1, 0.15) is 5.60 Å². The van der Waals surface area contributed by atoms with Crippen LogP contribution in [0.15, 0.2) is 18.3 Å². The molecular weight excluding hydrogens is 426 g/mol. The highest BCUT2D eigenvalue weighted by Crippen LogP contribution is 2.30.